The highest BCUT2D eigenvalue weighted by Crippen LogP contribution is 2.20. The van der Waals surface area contributed by atoms with Crippen molar-refractivity contribution in [2.45, 2.75) is 13.8 Å². The van der Waals surface area contributed by atoms with Crippen LogP contribution in [0.1, 0.15) is 11.6 Å². The Morgan fingerprint density at radius 3 is 2.27 bits per heavy atom. The van der Waals surface area contributed by atoms with Crippen molar-refractivity contribution in [1.29, 1.82) is 0 Å². The molecule has 0 aliphatic carbocycles. The fraction of sp³-hybridized carbons (Fsp3) is 0.400. The van der Waals surface area contributed by atoms with E-state index in [1.807, 2.05) is 6.92 Å². The molecule has 2 aromatic rings. The van der Waals surface area contributed by atoms with Crippen LogP contribution in [0.25, 0.3) is 11.5 Å². The first-order valence-electron chi connectivity index (χ1n) is 4.62. The van der Waals surface area contributed by atoms with Crippen LogP contribution >= 0.6 is 8.58 Å². The Morgan fingerprint density at radius 2 is 1.87 bits per heavy atom. The molecule has 15 heavy (non-hydrogen) atoms. The van der Waals surface area contributed by atoms with Crippen molar-refractivity contribution < 1.29 is 8.94 Å². The molecular formula is C10H15N2O2P. The smallest absolute Gasteiger partial charge is 0.204 e. The van der Waals surface area contributed by atoms with Crippen molar-refractivity contribution in [2.24, 2.45) is 0 Å². The molecule has 0 atom stereocenters. The van der Waals surface area contributed by atoms with Crippen molar-refractivity contribution >= 4 is 8.58 Å². The molecule has 0 amide bonds. The van der Waals surface area contributed by atoms with Gasteiger partial charge in [-0.15, -0.1) is 8.58 Å². The number of oxazole rings is 1. The summed E-state index contributed by atoms with van der Waals surface area (Å²) in [7, 11) is 1.08. The number of aryl methyl sites for hydroxylation is 2. The molecular weight excluding hydrogens is 211 g/mol. The SMILES string of the molecule is CPC.Cc1cc(-c2cnc(C)o2)on1. The maximum atomic E-state index is 5.24. The van der Waals surface area contributed by atoms with Gasteiger partial charge in [0.05, 0.1) is 11.9 Å². The molecule has 82 valence electrons. The second-order valence-corrected chi connectivity index (χ2v) is 4.08. The van der Waals surface area contributed by atoms with Gasteiger partial charge in [0, 0.05) is 13.0 Å². The molecule has 0 saturated carbocycles. The van der Waals surface area contributed by atoms with Gasteiger partial charge in [0.15, 0.2) is 11.7 Å². The van der Waals surface area contributed by atoms with E-state index in [1.165, 1.54) is 0 Å². The number of hydrogen-bond donors (Lipinski definition) is 0. The molecule has 0 bridgehead atoms. The monoisotopic (exact) mass is 226 g/mol. The van der Waals surface area contributed by atoms with Gasteiger partial charge in [-0.05, 0) is 20.3 Å². The van der Waals surface area contributed by atoms with E-state index in [0.29, 0.717) is 17.4 Å². The summed E-state index contributed by atoms with van der Waals surface area (Å²) in [5.74, 6) is 1.86. The fourth-order valence-corrected chi connectivity index (χ4v) is 0.955. The van der Waals surface area contributed by atoms with E-state index in [1.54, 1.807) is 19.2 Å². The van der Waals surface area contributed by atoms with Crippen molar-refractivity contribution in [2.75, 3.05) is 13.3 Å². The molecule has 0 aliphatic heterocycles. The summed E-state index contributed by atoms with van der Waals surface area (Å²) >= 11 is 0. The molecule has 0 saturated heterocycles. The maximum absolute atomic E-state index is 5.24. The topological polar surface area (TPSA) is 52.1 Å². The zero-order valence-corrected chi connectivity index (χ0v) is 10.4. The Labute approximate surface area is 90.8 Å². The molecule has 0 N–H and O–H groups in total. The lowest BCUT2D eigenvalue weighted by molar-refractivity contribution is 0.410. The zero-order valence-electron chi connectivity index (χ0n) is 9.37. The van der Waals surface area contributed by atoms with Gasteiger partial charge in [-0.1, -0.05) is 5.16 Å². The molecule has 0 unspecified atom stereocenters. The van der Waals surface area contributed by atoms with Crippen molar-refractivity contribution in [1.82, 2.24) is 10.1 Å². The Balaban J connectivity index is 0.000000337. The molecule has 2 rings (SSSR count). The molecule has 0 aromatic carbocycles. The normalized spacial score (nSPS) is 9.60. The van der Waals surface area contributed by atoms with Crippen LogP contribution < -0.4 is 0 Å². The summed E-state index contributed by atoms with van der Waals surface area (Å²) in [5, 5.41) is 3.74. The summed E-state index contributed by atoms with van der Waals surface area (Å²) in [4.78, 5) is 3.95. The van der Waals surface area contributed by atoms with E-state index >= 15 is 0 Å². The Bertz CT molecular complexity index is 371. The number of nitrogens with zero attached hydrogens (tertiary/aromatic N) is 2. The van der Waals surface area contributed by atoms with Crippen LogP contribution in [-0.2, 0) is 0 Å². The van der Waals surface area contributed by atoms with Crippen LogP contribution in [0.2, 0.25) is 0 Å². The third-order valence-electron chi connectivity index (χ3n) is 1.49. The van der Waals surface area contributed by atoms with E-state index in [-0.39, 0.29) is 0 Å². The molecule has 5 heteroatoms. The minimum absolute atomic E-state index is 0.619. The molecule has 0 fully saturated rings. The van der Waals surface area contributed by atoms with Crippen LogP contribution in [-0.4, -0.2) is 23.5 Å². The average Bonchev–Trinajstić information content (AvgIpc) is 2.75. The lowest BCUT2D eigenvalue weighted by atomic mass is 10.3. The van der Waals surface area contributed by atoms with Crippen LogP contribution in [0.4, 0.5) is 0 Å². The van der Waals surface area contributed by atoms with E-state index in [2.05, 4.69) is 23.5 Å². The Morgan fingerprint density at radius 1 is 1.20 bits per heavy atom. The van der Waals surface area contributed by atoms with Gasteiger partial charge in [-0.3, -0.25) is 0 Å². The summed E-state index contributed by atoms with van der Waals surface area (Å²) in [6, 6.07) is 1.81. The average molecular weight is 226 g/mol. The van der Waals surface area contributed by atoms with E-state index < -0.39 is 0 Å². The van der Waals surface area contributed by atoms with Gasteiger partial charge in [-0.25, -0.2) is 4.98 Å². The van der Waals surface area contributed by atoms with E-state index in [0.717, 1.165) is 14.3 Å². The number of aromatic nitrogens is 2. The van der Waals surface area contributed by atoms with Gasteiger partial charge in [0.2, 0.25) is 5.76 Å². The zero-order chi connectivity index (χ0) is 11.3. The largest absolute Gasteiger partial charge is 0.438 e. The molecule has 2 heterocycles. The highest BCUT2D eigenvalue weighted by atomic mass is 31.1. The third-order valence-corrected chi connectivity index (χ3v) is 1.49. The van der Waals surface area contributed by atoms with Gasteiger partial charge in [-0.2, -0.15) is 0 Å². The first kappa shape index (κ1) is 11.9. The highest BCUT2D eigenvalue weighted by Gasteiger charge is 2.08. The molecule has 0 spiro atoms. The van der Waals surface area contributed by atoms with Crippen molar-refractivity contribution in [3.63, 3.8) is 0 Å². The predicted molar refractivity (Wildman–Crippen MR) is 61.6 cm³/mol. The predicted octanol–water partition coefficient (Wildman–Crippen LogP) is 2.87. The van der Waals surface area contributed by atoms with Crippen LogP contribution in [0.15, 0.2) is 21.2 Å². The Kier molecular flexibility index (Phi) is 4.50. The van der Waals surface area contributed by atoms with E-state index in [9.17, 15) is 0 Å². The maximum Gasteiger partial charge on any atom is 0.204 e. The summed E-state index contributed by atoms with van der Waals surface area (Å²) < 4.78 is 10.2. The number of hydrogen-bond acceptors (Lipinski definition) is 4. The second-order valence-electron chi connectivity index (χ2n) is 3.08. The van der Waals surface area contributed by atoms with Crippen molar-refractivity contribution in [3.05, 3.63) is 23.8 Å². The van der Waals surface area contributed by atoms with Crippen LogP contribution in [0.5, 0.6) is 0 Å². The molecule has 4 nitrogen and oxygen atoms in total. The summed E-state index contributed by atoms with van der Waals surface area (Å²) in [6.07, 6.45) is 1.62. The standard InChI is InChI=1S/C8H8N2O2.C2H7P/c1-5-3-7(12-10-5)8-4-9-6(2)11-8;1-3-2/h3-4H,1-2H3;3H,1-2H3. The molecule has 0 aliphatic rings. The first-order valence-corrected chi connectivity index (χ1v) is 6.62. The molecule has 0 radical (unpaired) electrons. The lowest BCUT2D eigenvalue weighted by Crippen LogP contribution is -1.64. The lowest BCUT2D eigenvalue weighted by Gasteiger charge is -1.83. The highest BCUT2D eigenvalue weighted by molar-refractivity contribution is 7.35. The summed E-state index contributed by atoms with van der Waals surface area (Å²) in [5.41, 5.74) is 0.832. The van der Waals surface area contributed by atoms with Crippen molar-refractivity contribution in [3.8, 4) is 11.5 Å². The minimum Gasteiger partial charge on any atom is -0.438 e. The van der Waals surface area contributed by atoms with Gasteiger partial charge in [0.25, 0.3) is 0 Å². The summed E-state index contributed by atoms with van der Waals surface area (Å²) in [6.45, 7) is 7.95. The van der Waals surface area contributed by atoms with E-state index in [4.69, 9.17) is 8.94 Å². The van der Waals surface area contributed by atoms with Crippen LogP contribution in [0.3, 0.4) is 0 Å². The molecule has 2 aromatic heterocycles. The number of rotatable bonds is 1. The minimum atomic E-state index is 0.619. The first-order chi connectivity index (χ1) is 7.17. The van der Waals surface area contributed by atoms with Gasteiger partial charge < -0.3 is 8.94 Å². The Hall–Kier alpha value is -1.15. The fourth-order valence-electron chi connectivity index (χ4n) is 0.955. The van der Waals surface area contributed by atoms with Gasteiger partial charge in [0.1, 0.15) is 0 Å². The van der Waals surface area contributed by atoms with Gasteiger partial charge >= 0.3 is 0 Å². The second kappa shape index (κ2) is 5.66. The van der Waals surface area contributed by atoms with Crippen LogP contribution in [0, 0.1) is 13.8 Å². The third kappa shape index (κ3) is 3.48. The quantitative estimate of drug-likeness (QED) is 0.701.